The largest absolute Gasteiger partial charge is 0.469 e. The van der Waals surface area contributed by atoms with Gasteiger partial charge in [-0.3, -0.25) is 9.89 Å². The molecule has 0 unspecified atom stereocenters. The van der Waals surface area contributed by atoms with Gasteiger partial charge in [-0.25, -0.2) is 0 Å². The molecule has 0 aromatic carbocycles. The van der Waals surface area contributed by atoms with E-state index in [1.54, 1.807) is 6.26 Å². The van der Waals surface area contributed by atoms with Crippen LogP contribution in [0, 0.1) is 0 Å². The average molecular weight is 390 g/mol. The fourth-order valence-electron chi connectivity index (χ4n) is 2.72. The Labute approximate surface area is 158 Å². The van der Waals surface area contributed by atoms with Gasteiger partial charge in [0.25, 0.3) is 0 Å². The van der Waals surface area contributed by atoms with Gasteiger partial charge in [0.05, 0.1) is 19.5 Å². The summed E-state index contributed by atoms with van der Waals surface area (Å²) in [5.74, 6) is 1.50. The molecule has 1 aromatic heterocycles. The van der Waals surface area contributed by atoms with E-state index in [-0.39, 0.29) is 6.42 Å². The molecule has 154 valence electrons. The second-order valence-electron chi connectivity index (χ2n) is 6.44. The zero-order valence-electron chi connectivity index (χ0n) is 15.6. The Balaban J connectivity index is 1.70. The average Bonchev–Trinajstić information content (AvgIpc) is 3.14. The molecule has 0 radical (unpaired) electrons. The molecule has 1 aromatic rings. The van der Waals surface area contributed by atoms with E-state index in [1.165, 1.54) is 0 Å². The summed E-state index contributed by atoms with van der Waals surface area (Å²) < 4.78 is 47.2. The minimum Gasteiger partial charge on any atom is -0.469 e. The van der Waals surface area contributed by atoms with Gasteiger partial charge in [0, 0.05) is 52.1 Å². The number of alkyl halides is 3. The molecule has 2 rings (SSSR count). The van der Waals surface area contributed by atoms with Gasteiger partial charge in [-0.1, -0.05) is 0 Å². The molecule has 0 aliphatic carbocycles. The van der Waals surface area contributed by atoms with Gasteiger partial charge in [-0.2, -0.15) is 13.2 Å². The number of ether oxygens (including phenoxy) is 1. The first kappa shape index (κ1) is 21.6. The Hall–Kier alpha value is -1.74. The molecule has 1 saturated heterocycles. The van der Waals surface area contributed by atoms with Crippen LogP contribution in [0.2, 0.25) is 0 Å². The van der Waals surface area contributed by atoms with Gasteiger partial charge in [0.15, 0.2) is 5.96 Å². The van der Waals surface area contributed by atoms with Crippen LogP contribution in [0.25, 0.3) is 0 Å². The quantitative estimate of drug-likeness (QED) is 0.365. The molecular formula is C18H29F3N4O2. The van der Waals surface area contributed by atoms with Gasteiger partial charge in [-0.15, -0.1) is 0 Å². The topological polar surface area (TPSA) is 62.0 Å². The van der Waals surface area contributed by atoms with E-state index in [9.17, 15) is 13.2 Å². The zero-order chi connectivity index (χ0) is 19.4. The fraction of sp³-hybridized carbons (Fsp3) is 0.722. The van der Waals surface area contributed by atoms with Crippen LogP contribution in [-0.4, -0.2) is 69.5 Å². The molecular weight excluding hydrogens is 361 g/mol. The second-order valence-corrected chi connectivity index (χ2v) is 6.44. The molecule has 9 heteroatoms. The minimum atomic E-state index is -4.09. The summed E-state index contributed by atoms with van der Waals surface area (Å²) in [4.78, 5) is 6.70. The number of hydrogen-bond donors (Lipinski definition) is 2. The predicted octanol–water partition coefficient (Wildman–Crippen LogP) is 2.42. The summed E-state index contributed by atoms with van der Waals surface area (Å²) in [6, 6.07) is 3.74. The van der Waals surface area contributed by atoms with Crippen molar-refractivity contribution in [1.29, 1.82) is 0 Å². The number of hydrogen-bond acceptors (Lipinski definition) is 4. The molecule has 1 fully saturated rings. The number of guanidine groups is 1. The van der Waals surface area contributed by atoms with Crippen molar-refractivity contribution in [1.82, 2.24) is 15.5 Å². The predicted molar refractivity (Wildman–Crippen MR) is 97.9 cm³/mol. The lowest BCUT2D eigenvalue weighted by Gasteiger charge is -2.26. The van der Waals surface area contributed by atoms with Crippen LogP contribution in [0.5, 0.6) is 0 Å². The Kier molecular flexibility index (Phi) is 9.47. The highest BCUT2D eigenvalue weighted by molar-refractivity contribution is 5.79. The van der Waals surface area contributed by atoms with E-state index < -0.39 is 12.6 Å². The second kappa shape index (κ2) is 11.9. The molecule has 1 aliphatic heterocycles. The molecule has 0 bridgehead atoms. The molecule has 0 amide bonds. The van der Waals surface area contributed by atoms with Crippen LogP contribution in [0.4, 0.5) is 13.2 Å². The molecule has 27 heavy (non-hydrogen) atoms. The number of nitrogens with one attached hydrogen (secondary N) is 2. The lowest BCUT2D eigenvalue weighted by atomic mass is 10.2. The van der Waals surface area contributed by atoms with E-state index in [0.717, 1.165) is 45.2 Å². The normalized spacial score (nSPS) is 16.5. The summed E-state index contributed by atoms with van der Waals surface area (Å²) in [5.41, 5.74) is 0. The van der Waals surface area contributed by atoms with Gasteiger partial charge in [-0.05, 0) is 25.0 Å². The summed E-state index contributed by atoms with van der Waals surface area (Å²) in [6.45, 7) is 5.92. The van der Waals surface area contributed by atoms with Gasteiger partial charge in [0.1, 0.15) is 5.76 Å². The van der Waals surface area contributed by atoms with E-state index in [2.05, 4.69) is 20.5 Å². The molecule has 6 nitrogen and oxygen atoms in total. The first-order valence-corrected chi connectivity index (χ1v) is 9.44. The van der Waals surface area contributed by atoms with Crippen LogP contribution >= 0.6 is 0 Å². The smallest absolute Gasteiger partial charge is 0.389 e. The number of morpholine rings is 1. The lowest BCUT2D eigenvalue weighted by Crippen LogP contribution is -2.44. The number of rotatable bonds is 10. The third kappa shape index (κ3) is 10.2. The zero-order valence-corrected chi connectivity index (χ0v) is 15.6. The number of aliphatic imine (C=N–C) groups is 1. The van der Waals surface area contributed by atoms with E-state index in [1.807, 2.05) is 12.1 Å². The fourth-order valence-corrected chi connectivity index (χ4v) is 2.72. The number of nitrogens with zero attached hydrogens (tertiary/aromatic N) is 2. The van der Waals surface area contributed by atoms with Crippen molar-refractivity contribution < 1.29 is 22.3 Å². The Morgan fingerprint density at radius 1 is 1.15 bits per heavy atom. The lowest BCUT2D eigenvalue weighted by molar-refractivity contribution is -0.135. The highest BCUT2D eigenvalue weighted by atomic mass is 19.4. The van der Waals surface area contributed by atoms with E-state index in [4.69, 9.17) is 9.15 Å². The van der Waals surface area contributed by atoms with Gasteiger partial charge < -0.3 is 19.8 Å². The molecule has 2 N–H and O–H groups in total. The number of unbranched alkanes of at least 4 members (excludes halogenated alkanes) is 1. The maximum Gasteiger partial charge on any atom is 0.389 e. The van der Waals surface area contributed by atoms with Crippen molar-refractivity contribution >= 4 is 5.96 Å². The Morgan fingerprint density at radius 3 is 2.63 bits per heavy atom. The minimum absolute atomic E-state index is 0.0977. The van der Waals surface area contributed by atoms with Gasteiger partial charge >= 0.3 is 6.18 Å². The Morgan fingerprint density at radius 2 is 1.93 bits per heavy atom. The van der Waals surface area contributed by atoms with Crippen LogP contribution in [0.1, 0.15) is 25.0 Å². The van der Waals surface area contributed by atoms with E-state index in [0.29, 0.717) is 31.9 Å². The highest BCUT2D eigenvalue weighted by Gasteiger charge is 2.25. The summed E-state index contributed by atoms with van der Waals surface area (Å²) >= 11 is 0. The van der Waals surface area contributed by atoms with Gasteiger partial charge in [0.2, 0.25) is 0 Å². The standard InChI is InChI=1S/C18H29F3N4O2/c19-18(20,21)6-1-2-7-22-17(23-8-5-16-4-3-13-27-16)24-9-10-25-11-14-26-15-12-25/h3-4,13H,1-2,5-12,14-15H2,(H2,22,23,24). The van der Waals surface area contributed by atoms with Crippen LogP contribution in [0.15, 0.2) is 27.8 Å². The summed E-state index contributed by atoms with van der Waals surface area (Å²) in [5, 5.41) is 6.47. The van der Waals surface area contributed by atoms with Crippen molar-refractivity contribution in [3.05, 3.63) is 24.2 Å². The summed E-state index contributed by atoms with van der Waals surface area (Å²) in [7, 11) is 0. The third-order valence-corrected chi connectivity index (χ3v) is 4.21. The van der Waals surface area contributed by atoms with Crippen LogP contribution < -0.4 is 10.6 Å². The van der Waals surface area contributed by atoms with Crippen molar-refractivity contribution in [3.63, 3.8) is 0 Å². The number of halogens is 3. The summed E-state index contributed by atoms with van der Waals surface area (Å²) in [6.07, 6.45) is -2.00. The molecule has 2 heterocycles. The van der Waals surface area contributed by atoms with Crippen LogP contribution in [0.3, 0.4) is 0 Å². The van der Waals surface area contributed by atoms with Crippen LogP contribution in [-0.2, 0) is 11.2 Å². The Bertz CT molecular complexity index is 529. The molecule has 1 aliphatic rings. The first-order valence-electron chi connectivity index (χ1n) is 9.44. The third-order valence-electron chi connectivity index (χ3n) is 4.21. The van der Waals surface area contributed by atoms with Crippen molar-refractivity contribution in [2.75, 3.05) is 52.5 Å². The number of furan rings is 1. The first-order chi connectivity index (χ1) is 13.0. The molecule has 0 saturated carbocycles. The molecule has 0 spiro atoms. The highest BCUT2D eigenvalue weighted by Crippen LogP contribution is 2.21. The molecule has 0 atom stereocenters. The maximum absolute atomic E-state index is 12.2. The monoisotopic (exact) mass is 390 g/mol. The van der Waals surface area contributed by atoms with Crippen molar-refractivity contribution in [3.8, 4) is 0 Å². The SMILES string of the molecule is FC(F)(F)CCCCN=C(NCCc1ccco1)NCCN1CCOCC1. The van der Waals surface area contributed by atoms with Crippen molar-refractivity contribution in [2.45, 2.75) is 31.9 Å². The maximum atomic E-state index is 12.2. The van der Waals surface area contributed by atoms with E-state index >= 15 is 0 Å². The van der Waals surface area contributed by atoms with Crippen molar-refractivity contribution in [2.24, 2.45) is 4.99 Å².